The van der Waals surface area contributed by atoms with Gasteiger partial charge in [-0.1, -0.05) is 27.7 Å². The molecule has 0 aromatic heterocycles. The summed E-state index contributed by atoms with van der Waals surface area (Å²) in [6.07, 6.45) is 3.79. The van der Waals surface area contributed by atoms with Crippen LogP contribution in [0.25, 0.3) is 0 Å². The first kappa shape index (κ1) is 14.4. The van der Waals surface area contributed by atoms with Crippen LogP contribution in [0.1, 0.15) is 53.4 Å². The summed E-state index contributed by atoms with van der Waals surface area (Å²) < 4.78 is 0. The minimum absolute atomic E-state index is 0.00169. The maximum Gasteiger partial charge on any atom is 0.245 e. The molecule has 1 aliphatic carbocycles. The molecule has 1 saturated heterocycles. The molecule has 0 spiro atoms. The predicted octanol–water partition coefficient (Wildman–Crippen LogP) is 1.94. The number of carbonyl (C=O) groups is 2. The number of hydrogen-bond donors (Lipinski definition) is 1. The van der Waals surface area contributed by atoms with Crippen LogP contribution in [0.2, 0.25) is 0 Å². The van der Waals surface area contributed by atoms with Gasteiger partial charge in [-0.25, -0.2) is 0 Å². The Labute approximate surface area is 115 Å². The van der Waals surface area contributed by atoms with E-state index >= 15 is 0 Å². The lowest BCUT2D eigenvalue weighted by Gasteiger charge is -2.35. The van der Waals surface area contributed by atoms with Crippen molar-refractivity contribution >= 4 is 11.8 Å². The van der Waals surface area contributed by atoms with E-state index in [2.05, 4.69) is 12.2 Å². The van der Waals surface area contributed by atoms with Gasteiger partial charge in [-0.05, 0) is 30.6 Å². The van der Waals surface area contributed by atoms with E-state index in [0.29, 0.717) is 24.9 Å². The van der Waals surface area contributed by atoms with Gasteiger partial charge in [-0.3, -0.25) is 9.59 Å². The molecule has 2 amide bonds. The van der Waals surface area contributed by atoms with E-state index in [4.69, 9.17) is 0 Å². The first-order chi connectivity index (χ1) is 8.79. The van der Waals surface area contributed by atoms with E-state index in [1.54, 1.807) is 0 Å². The minimum Gasteiger partial charge on any atom is -0.344 e. The number of amides is 2. The van der Waals surface area contributed by atoms with Crippen LogP contribution in [0.15, 0.2) is 0 Å². The van der Waals surface area contributed by atoms with E-state index in [0.717, 1.165) is 12.8 Å². The Bertz CT molecular complexity index is 373. The molecule has 2 fully saturated rings. The normalized spacial score (nSPS) is 33.3. The van der Waals surface area contributed by atoms with Gasteiger partial charge >= 0.3 is 0 Å². The van der Waals surface area contributed by atoms with Crippen molar-refractivity contribution < 1.29 is 9.59 Å². The predicted molar refractivity (Wildman–Crippen MR) is 74.5 cm³/mol. The van der Waals surface area contributed by atoms with Gasteiger partial charge in [-0.2, -0.15) is 0 Å². The fourth-order valence-corrected chi connectivity index (χ4v) is 3.20. The summed E-state index contributed by atoms with van der Waals surface area (Å²) in [7, 11) is 0. The Morgan fingerprint density at radius 3 is 2.42 bits per heavy atom. The zero-order valence-electron chi connectivity index (χ0n) is 12.5. The molecule has 2 aliphatic rings. The summed E-state index contributed by atoms with van der Waals surface area (Å²) in [6.45, 7) is 8.85. The van der Waals surface area contributed by atoms with Crippen LogP contribution in [0.5, 0.6) is 0 Å². The molecule has 19 heavy (non-hydrogen) atoms. The van der Waals surface area contributed by atoms with Crippen molar-refractivity contribution in [3.8, 4) is 0 Å². The van der Waals surface area contributed by atoms with Crippen LogP contribution >= 0.6 is 0 Å². The quantitative estimate of drug-likeness (QED) is 0.788. The second-order valence-electron chi connectivity index (χ2n) is 7.22. The van der Waals surface area contributed by atoms with Crippen molar-refractivity contribution in [1.82, 2.24) is 10.2 Å². The van der Waals surface area contributed by atoms with Crippen LogP contribution in [-0.2, 0) is 9.59 Å². The van der Waals surface area contributed by atoms with Crippen LogP contribution in [0.3, 0.4) is 0 Å². The number of carbonyl (C=O) groups excluding carboxylic acids is 2. The fourth-order valence-electron chi connectivity index (χ4n) is 3.20. The summed E-state index contributed by atoms with van der Waals surface area (Å²) in [6, 6.07) is -0.0570. The third kappa shape index (κ3) is 3.10. The molecule has 4 heteroatoms. The monoisotopic (exact) mass is 266 g/mol. The molecule has 1 heterocycles. The standard InChI is InChI=1S/C15H26N2O2/c1-10-5-6-11(9-10)17-8-7-12(18)16-13(14(17)19)15(2,3)4/h10-11,13H,5-9H2,1-4H3,(H,16,18). The lowest BCUT2D eigenvalue weighted by atomic mass is 9.85. The van der Waals surface area contributed by atoms with Gasteiger partial charge in [0.1, 0.15) is 6.04 Å². The summed E-state index contributed by atoms with van der Waals surface area (Å²) in [5.41, 5.74) is -0.237. The van der Waals surface area contributed by atoms with E-state index in [1.807, 2.05) is 25.7 Å². The number of hydrogen-bond acceptors (Lipinski definition) is 2. The van der Waals surface area contributed by atoms with Crippen LogP contribution in [0, 0.1) is 11.3 Å². The molecule has 3 unspecified atom stereocenters. The molecule has 0 aromatic rings. The molecule has 4 nitrogen and oxygen atoms in total. The fraction of sp³-hybridized carbons (Fsp3) is 0.867. The van der Waals surface area contributed by atoms with Gasteiger partial charge in [-0.15, -0.1) is 0 Å². The van der Waals surface area contributed by atoms with Gasteiger partial charge in [0, 0.05) is 19.0 Å². The molecular formula is C15H26N2O2. The summed E-state index contributed by atoms with van der Waals surface area (Å²) >= 11 is 0. The van der Waals surface area contributed by atoms with E-state index in [9.17, 15) is 9.59 Å². The maximum atomic E-state index is 12.7. The van der Waals surface area contributed by atoms with Crippen molar-refractivity contribution in [3.63, 3.8) is 0 Å². The lowest BCUT2D eigenvalue weighted by molar-refractivity contribution is -0.138. The average molecular weight is 266 g/mol. The third-order valence-electron chi connectivity index (χ3n) is 4.39. The molecule has 2 rings (SSSR count). The van der Waals surface area contributed by atoms with E-state index < -0.39 is 6.04 Å². The summed E-state index contributed by atoms with van der Waals surface area (Å²) in [5.74, 6) is 0.803. The first-order valence-corrected chi connectivity index (χ1v) is 7.39. The molecule has 108 valence electrons. The Kier molecular flexibility index (Phi) is 3.88. The summed E-state index contributed by atoms with van der Waals surface area (Å²) in [5, 5.41) is 2.90. The van der Waals surface area contributed by atoms with Crippen molar-refractivity contribution in [2.45, 2.75) is 65.5 Å². The number of nitrogens with one attached hydrogen (secondary N) is 1. The van der Waals surface area contributed by atoms with Crippen LogP contribution in [0.4, 0.5) is 0 Å². The molecular weight excluding hydrogens is 240 g/mol. The number of rotatable bonds is 1. The zero-order valence-corrected chi connectivity index (χ0v) is 12.5. The van der Waals surface area contributed by atoms with E-state index in [1.165, 1.54) is 6.42 Å². The number of nitrogens with zero attached hydrogens (tertiary/aromatic N) is 1. The first-order valence-electron chi connectivity index (χ1n) is 7.39. The molecule has 0 radical (unpaired) electrons. The van der Waals surface area contributed by atoms with Gasteiger partial charge in [0.05, 0.1) is 0 Å². The third-order valence-corrected chi connectivity index (χ3v) is 4.39. The van der Waals surface area contributed by atoms with Gasteiger partial charge in [0.15, 0.2) is 0 Å². The second-order valence-corrected chi connectivity index (χ2v) is 7.22. The molecule has 3 atom stereocenters. The maximum absolute atomic E-state index is 12.7. The Balaban J connectivity index is 2.19. The lowest BCUT2D eigenvalue weighted by Crippen LogP contribution is -2.53. The SMILES string of the molecule is CC1CCC(N2CCC(=O)NC(C(C)(C)C)C2=O)C1. The average Bonchev–Trinajstić information content (AvgIpc) is 2.64. The Hall–Kier alpha value is -1.06. The highest BCUT2D eigenvalue weighted by atomic mass is 16.2. The molecule has 1 aliphatic heterocycles. The largest absolute Gasteiger partial charge is 0.344 e. The van der Waals surface area contributed by atoms with Crippen molar-refractivity contribution in [2.75, 3.05) is 6.54 Å². The van der Waals surface area contributed by atoms with Gasteiger partial charge < -0.3 is 10.2 Å². The van der Waals surface area contributed by atoms with Gasteiger partial charge in [0.25, 0.3) is 0 Å². The highest BCUT2D eigenvalue weighted by molar-refractivity contribution is 5.90. The molecule has 1 saturated carbocycles. The van der Waals surface area contributed by atoms with Crippen molar-refractivity contribution in [3.05, 3.63) is 0 Å². The Morgan fingerprint density at radius 2 is 1.89 bits per heavy atom. The highest BCUT2D eigenvalue weighted by Gasteiger charge is 2.41. The highest BCUT2D eigenvalue weighted by Crippen LogP contribution is 2.32. The molecule has 0 aromatic carbocycles. The van der Waals surface area contributed by atoms with Gasteiger partial charge in [0.2, 0.25) is 11.8 Å². The molecule has 0 bridgehead atoms. The Morgan fingerprint density at radius 1 is 1.21 bits per heavy atom. The topological polar surface area (TPSA) is 49.4 Å². The van der Waals surface area contributed by atoms with Crippen molar-refractivity contribution in [1.29, 1.82) is 0 Å². The smallest absolute Gasteiger partial charge is 0.245 e. The second kappa shape index (κ2) is 5.14. The van der Waals surface area contributed by atoms with Crippen LogP contribution in [-0.4, -0.2) is 35.3 Å². The zero-order chi connectivity index (χ0) is 14.2. The van der Waals surface area contributed by atoms with Crippen molar-refractivity contribution in [2.24, 2.45) is 11.3 Å². The van der Waals surface area contributed by atoms with E-state index in [-0.39, 0.29) is 17.2 Å². The minimum atomic E-state index is -0.390. The summed E-state index contributed by atoms with van der Waals surface area (Å²) in [4.78, 5) is 26.5. The van der Waals surface area contributed by atoms with Crippen LogP contribution < -0.4 is 5.32 Å². The molecule has 1 N–H and O–H groups in total.